The molecule has 19 heavy (non-hydrogen) atoms. The van der Waals surface area contributed by atoms with E-state index < -0.39 is 0 Å². The monoisotopic (exact) mass is 279 g/mol. The summed E-state index contributed by atoms with van der Waals surface area (Å²) in [6, 6.07) is 6.51. The summed E-state index contributed by atoms with van der Waals surface area (Å²) in [4.78, 5) is 0. The first-order valence-electron chi connectivity index (χ1n) is 7.41. The lowest BCUT2D eigenvalue weighted by molar-refractivity contribution is 0.112. The Morgan fingerprint density at radius 2 is 2.11 bits per heavy atom. The Morgan fingerprint density at radius 3 is 2.74 bits per heavy atom. The molecule has 2 N–H and O–H groups in total. The zero-order valence-electron chi connectivity index (χ0n) is 12.4. The molecule has 0 aromatic heterocycles. The highest BCUT2D eigenvalue weighted by atomic mass is 35.5. The molecule has 2 heteroatoms. The Morgan fingerprint density at radius 1 is 1.37 bits per heavy atom. The molecule has 1 aromatic carbocycles. The van der Waals surface area contributed by atoms with E-state index in [0.29, 0.717) is 11.3 Å². The second-order valence-electron chi connectivity index (χ2n) is 6.80. The summed E-state index contributed by atoms with van der Waals surface area (Å²) in [7, 11) is 0. The van der Waals surface area contributed by atoms with Gasteiger partial charge >= 0.3 is 0 Å². The molecular weight excluding hydrogens is 254 g/mol. The van der Waals surface area contributed by atoms with Crippen molar-refractivity contribution in [2.75, 3.05) is 0 Å². The smallest absolute Gasteiger partial charge is 0.0441 e. The second kappa shape index (κ2) is 5.85. The fourth-order valence-corrected chi connectivity index (χ4v) is 3.84. The average Bonchev–Trinajstić information content (AvgIpc) is 2.32. The van der Waals surface area contributed by atoms with Crippen molar-refractivity contribution >= 4 is 11.6 Å². The average molecular weight is 280 g/mol. The number of halogens is 1. The molecule has 1 aromatic rings. The van der Waals surface area contributed by atoms with Gasteiger partial charge in [-0.1, -0.05) is 50.4 Å². The van der Waals surface area contributed by atoms with Crippen molar-refractivity contribution < 1.29 is 0 Å². The normalized spacial score (nSPS) is 24.2. The Labute approximate surface area is 122 Å². The van der Waals surface area contributed by atoms with E-state index in [9.17, 15) is 0 Å². The molecule has 1 fully saturated rings. The van der Waals surface area contributed by atoms with Crippen LogP contribution < -0.4 is 5.73 Å². The summed E-state index contributed by atoms with van der Waals surface area (Å²) >= 11 is 6.33. The Bertz CT molecular complexity index is 439. The van der Waals surface area contributed by atoms with E-state index in [1.807, 2.05) is 6.07 Å². The highest BCUT2D eigenvalue weighted by Crippen LogP contribution is 2.42. The molecule has 1 saturated carbocycles. The van der Waals surface area contributed by atoms with Gasteiger partial charge in [-0.3, -0.25) is 0 Å². The maximum atomic E-state index is 6.50. The molecule has 1 aliphatic carbocycles. The molecule has 0 heterocycles. The van der Waals surface area contributed by atoms with Crippen molar-refractivity contribution in [3.8, 4) is 0 Å². The summed E-state index contributed by atoms with van der Waals surface area (Å²) in [5.74, 6) is 0.610. The predicted molar refractivity (Wildman–Crippen MR) is 83.6 cm³/mol. The molecule has 1 aliphatic rings. The van der Waals surface area contributed by atoms with Gasteiger partial charge in [0.1, 0.15) is 0 Å². The maximum absolute atomic E-state index is 6.50. The fourth-order valence-electron chi connectivity index (χ4n) is 3.53. The molecule has 0 saturated heterocycles. The van der Waals surface area contributed by atoms with Gasteiger partial charge < -0.3 is 5.73 Å². The topological polar surface area (TPSA) is 26.0 Å². The van der Waals surface area contributed by atoms with Gasteiger partial charge in [0.15, 0.2) is 0 Å². The van der Waals surface area contributed by atoms with E-state index in [4.69, 9.17) is 17.3 Å². The van der Waals surface area contributed by atoms with E-state index in [0.717, 1.165) is 11.4 Å². The van der Waals surface area contributed by atoms with Crippen LogP contribution in [0.3, 0.4) is 0 Å². The molecule has 0 radical (unpaired) electrons. The summed E-state index contributed by atoms with van der Waals surface area (Å²) in [5, 5.41) is 0.865. The van der Waals surface area contributed by atoms with E-state index in [1.165, 1.54) is 36.8 Å². The van der Waals surface area contributed by atoms with Crippen LogP contribution in [0.25, 0.3) is 0 Å². The third kappa shape index (κ3) is 3.52. The van der Waals surface area contributed by atoms with E-state index in [1.54, 1.807) is 0 Å². The van der Waals surface area contributed by atoms with Gasteiger partial charge in [0.05, 0.1) is 0 Å². The minimum absolute atomic E-state index is 0.218. The van der Waals surface area contributed by atoms with Gasteiger partial charge in [0.25, 0.3) is 0 Å². The second-order valence-corrected chi connectivity index (χ2v) is 7.21. The highest BCUT2D eigenvalue weighted by molar-refractivity contribution is 6.31. The molecule has 0 spiro atoms. The van der Waals surface area contributed by atoms with Gasteiger partial charge in [-0.05, 0) is 54.7 Å². The summed E-state index contributed by atoms with van der Waals surface area (Å²) in [6.45, 7) is 6.81. The first kappa shape index (κ1) is 14.9. The Hall–Kier alpha value is -0.530. The molecule has 2 atom stereocenters. The quantitative estimate of drug-likeness (QED) is 0.850. The number of benzene rings is 1. The number of rotatable bonds is 3. The van der Waals surface area contributed by atoms with Gasteiger partial charge in [0, 0.05) is 11.1 Å². The lowest BCUT2D eigenvalue weighted by Crippen LogP contribution is -2.43. The van der Waals surface area contributed by atoms with Crippen molar-refractivity contribution in [2.45, 2.75) is 58.9 Å². The van der Waals surface area contributed by atoms with Crippen LogP contribution in [0, 0.1) is 18.3 Å². The summed E-state index contributed by atoms with van der Waals surface area (Å²) < 4.78 is 0. The van der Waals surface area contributed by atoms with Crippen molar-refractivity contribution in [1.82, 2.24) is 0 Å². The molecule has 1 nitrogen and oxygen atoms in total. The SMILES string of the molecule is Cc1ccc(CC(N)C2CCCCC2(C)C)c(Cl)c1. The molecular formula is C17H26ClN. The zero-order valence-corrected chi connectivity index (χ0v) is 13.1. The molecule has 106 valence electrons. The van der Waals surface area contributed by atoms with E-state index >= 15 is 0 Å². The Kier molecular flexibility index (Phi) is 4.58. The third-order valence-electron chi connectivity index (χ3n) is 4.77. The number of hydrogen-bond acceptors (Lipinski definition) is 1. The van der Waals surface area contributed by atoms with Crippen LogP contribution in [0.15, 0.2) is 18.2 Å². The minimum atomic E-state index is 0.218. The van der Waals surface area contributed by atoms with Crippen molar-refractivity contribution in [2.24, 2.45) is 17.1 Å². The fraction of sp³-hybridized carbons (Fsp3) is 0.647. The number of nitrogens with two attached hydrogens (primary N) is 1. The molecule has 2 rings (SSSR count). The summed E-state index contributed by atoms with van der Waals surface area (Å²) in [5.41, 5.74) is 9.28. The summed E-state index contributed by atoms with van der Waals surface area (Å²) in [6.07, 6.45) is 6.13. The van der Waals surface area contributed by atoms with E-state index in [2.05, 4.69) is 32.9 Å². The van der Waals surface area contributed by atoms with Crippen LogP contribution in [0.5, 0.6) is 0 Å². The zero-order chi connectivity index (χ0) is 14.0. The van der Waals surface area contributed by atoms with Crippen molar-refractivity contribution in [3.63, 3.8) is 0 Å². The van der Waals surface area contributed by atoms with Crippen LogP contribution in [-0.2, 0) is 6.42 Å². The van der Waals surface area contributed by atoms with Crippen LogP contribution >= 0.6 is 11.6 Å². The van der Waals surface area contributed by atoms with Crippen LogP contribution in [-0.4, -0.2) is 6.04 Å². The largest absolute Gasteiger partial charge is 0.327 e. The van der Waals surface area contributed by atoms with Crippen molar-refractivity contribution in [3.05, 3.63) is 34.3 Å². The third-order valence-corrected chi connectivity index (χ3v) is 5.12. The standard InChI is InChI=1S/C17H26ClN/c1-12-7-8-13(15(18)10-12)11-16(19)14-6-4-5-9-17(14,2)3/h7-8,10,14,16H,4-6,9,11,19H2,1-3H3. The van der Waals surface area contributed by atoms with E-state index in [-0.39, 0.29) is 6.04 Å². The molecule has 0 aliphatic heterocycles. The maximum Gasteiger partial charge on any atom is 0.0441 e. The van der Waals surface area contributed by atoms with Gasteiger partial charge in [-0.25, -0.2) is 0 Å². The highest BCUT2D eigenvalue weighted by Gasteiger charge is 2.36. The minimum Gasteiger partial charge on any atom is -0.327 e. The van der Waals surface area contributed by atoms with Crippen molar-refractivity contribution in [1.29, 1.82) is 0 Å². The molecule has 2 unspecified atom stereocenters. The molecule has 0 amide bonds. The van der Waals surface area contributed by atoms with Crippen LogP contribution in [0.1, 0.15) is 50.7 Å². The van der Waals surface area contributed by atoms with Gasteiger partial charge in [-0.15, -0.1) is 0 Å². The van der Waals surface area contributed by atoms with Crippen LogP contribution in [0.4, 0.5) is 0 Å². The first-order valence-corrected chi connectivity index (χ1v) is 7.78. The Balaban J connectivity index is 2.09. The lowest BCUT2D eigenvalue weighted by atomic mass is 9.65. The van der Waals surface area contributed by atoms with Gasteiger partial charge in [-0.2, -0.15) is 0 Å². The number of hydrogen-bond donors (Lipinski definition) is 1. The van der Waals surface area contributed by atoms with Gasteiger partial charge in [0.2, 0.25) is 0 Å². The van der Waals surface area contributed by atoms with Crippen LogP contribution in [0.2, 0.25) is 5.02 Å². The lowest BCUT2D eigenvalue weighted by Gasteiger charge is -2.42. The predicted octanol–water partition coefficient (Wildman–Crippen LogP) is 4.73. The molecule has 0 bridgehead atoms. The number of aryl methyl sites for hydroxylation is 1. The first-order chi connectivity index (χ1) is 8.90.